The highest BCUT2D eigenvalue weighted by atomic mass is 35.5. The molecular formula is C6H14ClNO2. The lowest BCUT2D eigenvalue weighted by atomic mass is 10.6. The van der Waals surface area contributed by atoms with Gasteiger partial charge in [0.1, 0.15) is 6.61 Å². The molecule has 0 fully saturated rings. The lowest BCUT2D eigenvalue weighted by molar-refractivity contribution is -0.140. The van der Waals surface area contributed by atoms with E-state index in [0.717, 1.165) is 13.1 Å². The van der Waals surface area contributed by atoms with Gasteiger partial charge in [-0.1, -0.05) is 6.92 Å². The van der Waals surface area contributed by atoms with Gasteiger partial charge in [0.15, 0.2) is 0 Å². The van der Waals surface area contributed by atoms with Crippen molar-refractivity contribution in [3.05, 3.63) is 0 Å². The van der Waals surface area contributed by atoms with Gasteiger partial charge >= 0.3 is 5.97 Å². The summed E-state index contributed by atoms with van der Waals surface area (Å²) in [4.78, 5) is 10.2. The van der Waals surface area contributed by atoms with Crippen molar-refractivity contribution < 1.29 is 9.53 Å². The van der Waals surface area contributed by atoms with E-state index in [-0.39, 0.29) is 18.4 Å². The molecular weight excluding hydrogens is 154 g/mol. The van der Waals surface area contributed by atoms with Crippen LogP contribution >= 0.6 is 12.4 Å². The third-order valence-corrected chi connectivity index (χ3v) is 0.834. The number of ether oxygens (including phenoxy) is 1. The minimum atomic E-state index is -0.215. The van der Waals surface area contributed by atoms with Gasteiger partial charge in [0.05, 0.1) is 0 Å². The summed E-state index contributed by atoms with van der Waals surface area (Å²) in [7, 11) is 0. The van der Waals surface area contributed by atoms with Crippen molar-refractivity contribution in [2.45, 2.75) is 13.8 Å². The first kappa shape index (κ1) is 12.4. The van der Waals surface area contributed by atoms with E-state index in [4.69, 9.17) is 0 Å². The number of hydrogen-bond acceptors (Lipinski definition) is 3. The molecule has 0 atom stereocenters. The van der Waals surface area contributed by atoms with Gasteiger partial charge in [-0.15, -0.1) is 12.4 Å². The van der Waals surface area contributed by atoms with Crippen LogP contribution in [0.3, 0.4) is 0 Å². The summed E-state index contributed by atoms with van der Waals surface area (Å²) in [5, 5.41) is 3.03. The molecule has 0 saturated heterocycles. The summed E-state index contributed by atoms with van der Waals surface area (Å²) in [6.45, 7) is 5.56. The molecule has 0 unspecified atom stereocenters. The molecule has 0 heterocycles. The van der Waals surface area contributed by atoms with E-state index >= 15 is 0 Å². The van der Waals surface area contributed by atoms with E-state index in [9.17, 15) is 4.79 Å². The quantitative estimate of drug-likeness (QED) is 0.492. The molecule has 1 N–H and O–H groups in total. The van der Waals surface area contributed by atoms with Crippen molar-refractivity contribution in [2.24, 2.45) is 0 Å². The molecule has 3 nitrogen and oxygen atoms in total. The van der Waals surface area contributed by atoms with E-state index in [1.807, 2.05) is 6.92 Å². The largest absolute Gasteiger partial charge is 0.465 e. The summed E-state index contributed by atoms with van der Waals surface area (Å²) in [5.41, 5.74) is 0. The number of esters is 1. The smallest absolute Gasteiger partial charge is 0.302 e. The summed E-state index contributed by atoms with van der Waals surface area (Å²) < 4.78 is 4.64. The Balaban J connectivity index is 0. The molecule has 62 valence electrons. The van der Waals surface area contributed by atoms with Gasteiger partial charge in [0.25, 0.3) is 0 Å². The Hall–Kier alpha value is -0.280. The molecule has 0 rings (SSSR count). The summed E-state index contributed by atoms with van der Waals surface area (Å²) in [6, 6.07) is 0. The third-order valence-electron chi connectivity index (χ3n) is 0.834. The highest BCUT2D eigenvalue weighted by Gasteiger charge is 1.88. The normalized spacial score (nSPS) is 8.20. The first-order chi connectivity index (χ1) is 4.27. The summed E-state index contributed by atoms with van der Waals surface area (Å²) in [6.07, 6.45) is 0. The van der Waals surface area contributed by atoms with Crippen molar-refractivity contribution in [1.29, 1.82) is 0 Å². The fourth-order valence-electron chi connectivity index (χ4n) is 0.444. The van der Waals surface area contributed by atoms with E-state index in [0.29, 0.717) is 6.61 Å². The number of hydrogen-bond donors (Lipinski definition) is 1. The fourth-order valence-corrected chi connectivity index (χ4v) is 0.444. The van der Waals surface area contributed by atoms with Crippen LogP contribution in [0.15, 0.2) is 0 Å². The molecule has 0 bridgehead atoms. The first-order valence-electron chi connectivity index (χ1n) is 3.11. The molecule has 0 aromatic heterocycles. The second kappa shape index (κ2) is 8.72. The van der Waals surface area contributed by atoms with Gasteiger partial charge < -0.3 is 10.1 Å². The van der Waals surface area contributed by atoms with E-state index in [1.165, 1.54) is 6.92 Å². The second-order valence-electron chi connectivity index (χ2n) is 1.69. The average Bonchev–Trinajstić information content (AvgIpc) is 1.80. The number of halogens is 1. The van der Waals surface area contributed by atoms with Crippen LogP contribution in [0.5, 0.6) is 0 Å². The molecule has 0 saturated carbocycles. The Morgan fingerprint density at radius 1 is 1.60 bits per heavy atom. The Kier molecular flexibility index (Phi) is 10.8. The topological polar surface area (TPSA) is 38.3 Å². The molecule has 10 heavy (non-hydrogen) atoms. The number of nitrogens with one attached hydrogen (secondary N) is 1. The number of carbonyl (C=O) groups excluding carboxylic acids is 1. The molecule has 0 radical (unpaired) electrons. The molecule has 0 aliphatic rings. The van der Waals surface area contributed by atoms with Crippen LogP contribution in [0.4, 0.5) is 0 Å². The Morgan fingerprint density at radius 2 is 2.20 bits per heavy atom. The maximum atomic E-state index is 10.2. The van der Waals surface area contributed by atoms with Gasteiger partial charge in [-0.3, -0.25) is 4.79 Å². The molecule has 0 aliphatic heterocycles. The van der Waals surface area contributed by atoms with Crippen LogP contribution in [0.1, 0.15) is 13.8 Å². The maximum absolute atomic E-state index is 10.2. The zero-order valence-corrected chi connectivity index (χ0v) is 7.16. The predicted octanol–water partition coefficient (Wildman–Crippen LogP) is 0.581. The van der Waals surface area contributed by atoms with E-state index in [2.05, 4.69) is 10.1 Å². The predicted molar refractivity (Wildman–Crippen MR) is 42.4 cm³/mol. The van der Waals surface area contributed by atoms with Gasteiger partial charge in [0, 0.05) is 13.5 Å². The Bertz CT molecular complexity index is 87.8. The second-order valence-corrected chi connectivity index (χ2v) is 1.69. The SMILES string of the molecule is CCNCCOC(C)=O.Cl. The van der Waals surface area contributed by atoms with Gasteiger partial charge in [-0.25, -0.2) is 0 Å². The molecule has 4 heteroatoms. The molecule has 0 aromatic carbocycles. The molecule has 0 aromatic rings. The van der Waals surface area contributed by atoms with Crippen LogP contribution in [0, 0.1) is 0 Å². The van der Waals surface area contributed by atoms with Gasteiger partial charge in [0.2, 0.25) is 0 Å². The third kappa shape index (κ3) is 10.7. The van der Waals surface area contributed by atoms with Crippen LogP contribution in [-0.2, 0) is 9.53 Å². The van der Waals surface area contributed by atoms with Crippen LogP contribution in [-0.4, -0.2) is 25.7 Å². The lowest BCUT2D eigenvalue weighted by Crippen LogP contribution is -2.19. The minimum Gasteiger partial charge on any atom is -0.465 e. The Labute approximate surface area is 67.5 Å². The van der Waals surface area contributed by atoms with Gasteiger partial charge in [-0.05, 0) is 6.54 Å². The zero-order valence-electron chi connectivity index (χ0n) is 6.35. The van der Waals surface area contributed by atoms with Crippen LogP contribution < -0.4 is 5.32 Å². The van der Waals surface area contributed by atoms with Crippen molar-refractivity contribution in [3.8, 4) is 0 Å². The average molecular weight is 168 g/mol. The van der Waals surface area contributed by atoms with Gasteiger partial charge in [-0.2, -0.15) is 0 Å². The van der Waals surface area contributed by atoms with E-state index < -0.39 is 0 Å². The van der Waals surface area contributed by atoms with Crippen LogP contribution in [0.2, 0.25) is 0 Å². The lowest BCUT2D eigenvalue weighted by Gasteiger charge is -2.00. The Morgan fingerprint density at radius 3 is 2.60 bits per heavy atom. The van der Waals surface area contributed by atoms with E-state index in [1.54, 1.807) is 0 Å². The number of likely N-dealkylation sites (N-methyl/N-ethyl adjacent to an activating group) is 1. The van der Waals surface area contributed by atoms with Crippen molar-refractivity contribution >= 4 is 18.4 Å². The number of carbonyl (C=O) groups is 1. The molecule has 0 spiro atoms. The van der Waals surface area contributed by atoms with Crippen molar-refractivity contribution in [1.82, 2.24) is 5.32 Å². The van der Waals surface area contributed by atoms with Crippen molar-refractivity contribution in [3.63, 3.8) is 0 Å². The monoisotopic (exact) mass is 167 g/mol. The minimum absolute atomic E-state index is 0. The maximum Gasteiger partial charge on any atom is 0.302 e. The van der Waals surface area contributed by atoms with Crippen molar-refractivity contribution in [2.75, 3.05) is 19.7 Å². The zero-order chi connectivity index (χ0) is 7.11. The molecule has 0 amide bonds. The fraction of sp³-hybridized carbons (Fsp3) is 0.833. The molecule has 0 aliphatic carbocycles. The number of rotatable bonds is 4. The summed E-state index contributed by atoms with van der Waals surface area (Å²) in [5.74, 6) is -0.215. The summed E-state index contributed by atoms with van der Waals surface area (Å²) >= 11 is 0. The first-order valence-corrected chi connectivity index (χ1v) is 3.11. The highest BCUT2D eigenvalue weighted by molar-refractivity contribution is 5.85. The highest BCUT2D eigenvalue weighted by Crippen LogP contribution is 1.72. The standard InChI is InChI=1S/C6H13NO2.ClH/c1-3-7-4-5-9-6(2)8;/h7H,3-5H2,1-2H3;1H. The van der Waals surface area contributed by atoms with Crippen LogP contribution in [0.25, 0.3) is 0 Å².